The Kier molecular flexibility index (Phi) is 6.19. The molecule has 1 N–H and O–H groups in total. The fraction of sp³-hybridized carbons (Fsp3) is 0.417. The lowest BCUT2D eigenvalue weighted by atomic mass is 9.78. The van der Waals surface area contributed by atoms with Crippen LogP contribution >= 0.6 is 11.6 Å². The second-order valence-electron chi connectivity index (χ2n) is 8.14. The van der Waals surface area contributed by atoms with Gasteiger partial charge in [0.25, 0.3) is 11.8 Å². The molecule has 0 unspecified atom stereocenters. The van der Waals surface area contributed by atoms with Crippen molar-refractivity contribution in [2.75, 3.05) is 6.54 Å². The molecular weight excluding hydrogens is 384 g/mol. The van der Waals surface area contributed by atoms with E-state index in [0.717, 1.165) is 24.9 Å². The van der Waals surface area contributed by atoms with Crippen LogP contribution < -0.4 is 5.32 Å². The van der Waals surface area contributed by atoms with Gasteiger partial charge in [0.15, 0.2) is 0 Å². The average Bonchev–Trinajstić information content (AvgIpc) is 2.78. The van der Waals surface area contributed by atoms with Crippen molar-refractivity contribution in [1.82, 2.24) is 10.2 Å². The number of rotatable bonds is 4. The minimum atomic E-state index is -0.149. The molecule has 2 aromatic rings. The van der Waals surface area contributed by atoms with Gasteiger partial charge in [0.1, 0.15) is 0 Å². The third kappa shape index (κ3) is 4.64. The first-order valence-electron chi connectivity index (χ1n) is 10.6. The highest BCUT2D eigenvalue weighted by Gasteiger charge is 2.35. The maximum Gasteiger partial charge on any atom is 0.254 e. The van der Waals surface area contributed by atoms with Crippen molar-refractivity contribution in [1.29, 1.82) is 0 Å². The summed E-state index contributed by atoms with van der Waals surface area (Å²) in [6.45, 7) is 1.29. The van der Waals surface area contributed by atoms with E-state index in [-0.39, 0.29) is 11.8 Å². The monoisotopic (exact) mass is 410 g/mol. The predicted octanol–water partition coefficient (Wildman–Crippen LogP) is 5.06. The molecular formula is C24H27ClN2O2. The number of piperidine rings is 1. The predicted molar refractivity (Wildman–Crippen MR) is 115 cm³/mol. The number of hydrogen-bond acceptors (Lipinski definition) is 2. The lowest BCUT2D eigenvalue weighted by Gasteiger charge is -2.44. The molecule has 2 aliphatic rings. The Morgan fingerprint density at radius 2 is 1.55 bits per heavy atom. The molecule has 0 aromatic heterocycles. The maximum atomic E-state index is 13.1. The van der Waals surface area contributed by atoms with Crippen molar-refractivity contribution in [3.05, 3.63) is 70.2 Å². The Balaban J connectivity index is 1.38. The first-order chi connectivity index (χ1) is 14.1. The van der Waals surface area contributed by atoms with Crippen LogP contribution in [0.15, 0.2) is 48.5 Å². The molecule has 1 heterocycles. The quantitative estimate of drug-likeness (QED) is 0.765. The molecule has 1 saturated carbocycles. The summed E-state index contributed by atoms with van der Waals surface area (Å²) in [6.07, 6.45) is 7.24. The summed E-state index contributed by atoms with van der Waals surface area (Å²) in [5.74, 6) is 0.623. The SMILES string of the molecule is O=C(NCc1ccc(Cl)cc1)c1ccc(C(=O)N2CCC[C@@H]3CCCC[C@@H]32)cc1. The highest BCUT2D eigenvalue weighted by Crippen LogP contribution is 2.35. The number of carbonyl (C=O) groups excluding carboxylic acids is 2. The number of hydrogen-bond donors (Lipinski definition) is 1. The fourth-order valence-electron chi connectivity index (χ4n) is 4.69. The van der Waals surface area contributed by atoms with Crippen LogP contribution in [0.2, 0.25) is 5.02 Å². The standard InChI is InChI=1S/C24H27ClN2O2/c25-21-13-7-17(8-14-21)16-26-23(28)19-9-11-20(12-10-19)24(29)27-15-3-5-18-4-1-2-6-22(18)27/h7-14,18,22H,1-6,15-16H2,(H,26,28)/t18-,22-/m0/s1. The second kappa shape index (κ2) is 9.00. The van der Waals surface area contributed by atoms with Crippen LogP contribution in [-0.4, -0.2) is 29.3 Å². The smallest absolute Gasteiger partial charge is 0.254 e. The Morgan fingerprint density at radius 3 is 2.31 bits per heavy atom. The van der Waals surface area contributed by atoms with E-state index in [2.05, 4.69) is 10.2 Å². The summed E-state index contributed by atoms with van der Waals surface area (Å²) in [6, 6.07) is 14.8. The molecule has 1 saturated heterocycles. The largest absolute Gasteiger partial charge is 0.348 e. The zero-order chi connectivity index (χ0) is 20.2. The molecule has 2 amide bonds. The van der Waals surface area contributed by atoms with Crippen molar-refractivity contribution < 1.29 is 9.59 Å². The number of amides is 2. The van der Waals surface area contributed by atoms with Crippen LogP contribution in [0.5, 0.6) is 0 Å². The van der Waals surface area contributed by atoms with Crippen LogP contribution in [0.25, 0.3) is 0 Å². The molecule has 4 rings (SSSR count). The highest BCUT2D eigenvalue weighted by molar-refractivity contribution is 6.30. The van der Waals surface area contributed by atoms with E-state index < -0.39 is 0 Å². The minimum Gasteiger partial charge on any atom is -0.348 e. The number of nitrogens with one attached hydrogen (secondary N) is 1. The molecule has 0 bridgehead atoms. The number of halogens is 1. The number of carbonyl (C=O) groups is 2. The van der Waals surface area contributed by atoms with Gasteiger partial charge in [-0.3, -0.25) is 9.59 Å². The van der Waals surface area contributed by atoms with Gasteiger partial charge >= 0.3 is 0 Å². The fourth-order valence-corrected chi connectivity index (χ4v) is 4.82. The Morgan fingerprint density at radius 1 is 0.897 bits per heavy atom. The first-order valence-corrected chi connectivity index (χ1v) is 10.9. The number of fused-ring (bicyclic) bond motifs is 1. The normalized spacial score (nSPS) is 21.3. The third-order valence-electron chi connectivity index (χ3n) is 6.26. The van der Waals surface area contributed by atoms with E-state index in [1.165, 1.54) is 25.7 Å². The van der Waals surface area contributed by atoms with E-state index in [4.69, 9.17) is 11.6 Å². The molecule has 4 nitrogen and oxygen atoms in total. The van der Waals surface area contributed by atoms with Crippen molar-refractivity contribution >= 4 is 23.4 Å². The van der Waals surface area contributed by atoms with E-state index in [1.807, 2.05) is 12.1 Å². The summed E-state index contributed by atoms with van der Waals surface area (Å²) in [4.78, 5) is 27.6. The van der Waals surface area contributed by atoms with Gasteiger partial charge in [-0.05, 0) is 73.6 Å². The third-order valence-corrected chi connectivity index (χ3v) is 6.52. The Hall–Kier alpha value is -2.33. The zero-order valence-electron chi connectivity index (χ0n) is 16.6. The average molecular weight is 411 g/mol. The van der Waals surface area contributed by atoms with Gasteiger partial charge in [-0.25, -0.2) is 0 Å². The Bertz CT molecular complexity index is 861. The maximum absolute atomic E-state index is 13.1. The minimum absolute atomic E-state index is 0.106. The summed E-state index contributed by atoms with van der Waals surface area (Å²) in [7, 11) is 0. The molecule has 2 aromatic carbocycles. The molecule has 1 aliphatic carbocycles. The molecule has 2 fully saturated rings. The van der Waals surface area contributed by atoms with Gasteiger partial charge in [-0.2, -0.15) is 0 Å². The van der Waals surface area contributed by atoms with Crippen LogP contribution in [0.4, 0.5) is 0 Å². The molecule has 152 valence electrons. The van der Waals surface area contributed by atoms with E-state index in [0.29, 0.717) is 34.7 Å². The first kappa shape index (κ1) is 20.0. The van der Waals surface area contributed by atoms with Gasteiger partial charge in [0.05, 0.1) is 0 Å². The van der Waals surface area contributed by atoms with E-state index >= 15 is 0 Å². The summed E-state index contributed by atoms with van der Waals surface area (Å²) in [5, 5.41) is 3.58. The lowest BCUT2D eigenvalue weighted by Crippen LogP contribution is -2.49. The van der Waals surface area contributed by atoms with Crippen LogP contribution in [-0.2, 0) is 6.54 Å². The van der Waals surface area contributed by atoms with Gasteiger partial charge in [0.2, 0.25) is 0 Å². The van der Waals surface area contributed by atoms with Crippen LogP contribution in [0.1, 0.15) is 64.8 Å². The summed E-state index contributed by atoms with van der Waals surface area (Å²) >= 11 is 5.89. The zero-order valence-corrected chi connectivity index (χ0v) is 17.3. The topological polar surface area (TPSA) is 49.4 Å². The molecule has 0 radical (unpaired) electrons. The van der Waals surface area contributed by atoms with Gasteiger partial charge in [0, 0.05) is 35.3 Å². The molecule has 1 aliphatic heterocycles. The van der Waals surface area contributed by atoms with E-state index in [1.54, 1.807) is 36.4 Å². The highest BCUT2D eigenvalue weighted by atomic mass is 35.5. The van der Waals surface area contributed by atoms with Crippen molar-refractivity contribution in [2.45, 2.75) is 51.1 Å². The number of benzene rings is 2. The van der Waals surface area contributed by atoms with Crippen molar-refractivity contribution in [2.24, 2.45) is 5.92 Å². The lowest BCUT2D eigenvalue weighted by molar-refractivity contribution is 0.0390. The molecule has 29 heavy (non-hydrogen) atoms. The molecule has 2 atom stereocenters. The van der Waals surface area contributed by atoms with Crippen molar-refractivity contribution in [3.8, 4) is 0 Å². The van der Waals surface area contributed by atoms with Gasteiger partial charge in [-0.1, -0.05) is 36.6 Å². The van der Waals surface area contributed by atoms with Gasteiger partial charge < -0.3 is 10.2 Å². The van der Waals surface area contributed by atoms with Gasteiger partial charge in [-0.15, -0.1) is 0 Å². The van der Waals surface area contributed by atoms with Crippen LogP contribution in [0, 0.1) is 5.92 Å². The summed E-state index contributed by atoms with van der Waals surface area (Å²) in [5.41, 5.74) is 2.22. The number of nitrogens with zero attached hydrogens (tertiary/aromatic N) is 1. The van der Waals surface area contributed by atoms with Crippen molar-refractivity contribution in [3.63, 3.8) is 0 Å². The molecule has 5 heteroatoms. The summed E-state index contributed by atoms with van der Waals surface area (Å²) < 4.78 is 0. The van der Waals surface area contributed by atoms with Crippen LogP contribution in [0.3, 0.4) is 0 Å². The second-order valence-corrected chi connectivity index (χ2v) is 8.58. The van der Waals surface area contributed by atoms with E-state index in [9.17, 15) is 9.59 Å². The molecule has 0 spiro atoms. The Labute approximate surface area is 177 Å². The number of likely N-dealkylation sites (tertiary alicyclic amines) is 1.